The second-order valence-electron chi connectivity index (χ2n) is 7.75. The summed E-state index contributed by atoms with van der Waals surface area (Å²) in [5.41, 5.74) is 0.641. The molecule has 2 amide bonds. The van der Waals surface area contributed by atoms with Gasteiger partial charge in [-0.3, -0.25) is 4.79 Å². The molecule has 0 bridgehead atoms. The fourth-order valence-electron chi connectivity index (χ4n) is 4.43. The van der Waals surface area contributed by atoms with Crippen LogP contribution in [0.3, 0.4) is 0 Å². The average Bonchev–Trinajstić information content (AvgIpc) is 2.72. The van der Waals surface area contributed by atoms with Crippen LogP contribution in [-0.4, -0.2) is 52.6 Å². The Kier molecular flexibility index (Phi) is 5.16. The zero-order valence-electron chi connectivity index (χ0n) is 16.0. The Morgan fingerprint density at radius 2 is 1.67 bits per heavy atom. The van der Waals surface area contributed by atoms with Crippen molar-refractivity contribution in [2.75, 3.05) is 31.5 Å². The molecule has 1 aromatic heterocycles. The van der Waals surface area contributed by atoms with Gasteiger partial charge < -0.3 is 19.7 Å². The number of anilines is 1. The maximum absolute atomic E-state index is 12.8. The van der Waals surface area contributed by atoms with Crippen molar-refractivity contribution in [1.82, 2.24) is 14.4 Å². The normalized spacial score (nSPS) is 19.4. The number of piperidine rings is 2. The van der Waals surface area contributed by atoms with E-state index in [9.17, 15) is 9.59 Å². The maximum Gasteiger partial charge on any atom is 0.321 e. The number of nitrogens with zero attached hydrogens (tertiary/aromatic N) is 3. The number of fused-ring (bicyclic) bond motifs is 1. The first-order chi connectivity index (χ1) is 13.1. The summed E-state index contributed by atoms with van der Waals surface area (Å²) in [6, 6.07) is 7.97. The van der Waals surface area contributed by atoms with E-state index in [0.717, 1.165) is 31.3 Å². The van der Waals surface area contributed by atoms with Crippen molar-refractivity contribution in [2.24, 2.45) is 7.05 Å². The van der Waals surface area contributed by atoms with E-state index >= 15 is 0 Å². The summed E-state index contributed by atoms with van der Waals surface area (Å²) < 4.78 is 1.53. The predicted octanol–water partition coefficient (Wildman–Crippen LogP) is 3.02. The van der Waals surface area contributed by atoms with Gasteiger partial charge in [0.05, 0.1) is 5.69 Å². The van der Waals surface area contributed by atoms with Crippen LogP contribution in [0.5, 0.6) is 0 Å². The number of carbonyl (C=O) groups excluding carboxylic acids is 1. The van der Waals surface area contributed by atoms with Gasteiger partial charge in [-0.1, -0.05) is 24.6 Å². The van der Waals surface area contributed by atoms with Crippen LogP contribution < -0.4 is 10.9 Å². The molecule has 2 aliphatic heterocycles. The lowest BCUT2D eigenvalue weighted by atomic mass is 10.00. The fourth-order valence-corrected chi connectivity index (χ4v) is 4.43. The second kappa shape index (κ2) is 7.72. The molecule has 1 aromatic carbocycles. The molecule has 144 valence electrons. The summed E-state index contributed by atoms with van der Waals surface area (Å²) in [6.07, 6.45) is 7.76. The van der Waals surface area contributed by atoms with Crippen LogP contribution in [0.25, 0.3) is 10.8 Å². The highest BCUT2D eigenvalue weighted by molar-refractivity contribution is 6.00. The number of carbonyl (C=O) groups is 1. The van der Waals surface area contributed by atoms with Crippen molar-refractivity contribution in [2.45, 2.75) is 38.1 Å². The first-order valence-electron chi connectivity index (χ1n) is 10.0. The number of aromatic nitrogens is 1. The molecule has 2 fully saturated rings. The SMILES string of the molecule is Cn1cc(NC(=O)N2CCC(N3CCCCC3)CC2)c2ccccc2c1=O. The van der Waals surface area contributed by atoms with E-state index in [1.54, 1.807) is 19.3 Å². The van der Waals surface area contributed by atoms with Gasteiger partial charge in [-0.25, -0.2) is 4.79 Å². The van der Waals surface area contributed by atoms with Gasteiger partial charge >= 0.3 is 6.03 Å². The van der Waals surface area contributed by atoms with Crippen molar-refractivity contribution >= 4 is 22.5 Å². The fraction of sp³-hybridized carbons (Fsp3) is 0.524. The number of rotatable bonds is 2. The number of urea groups is 1. The molecular formula is C21H28N4O2. The summed E-state index contributed by atoms with van der Waals surface area (Å²) in [5.74, 6) is 0. The standard InChI is InChI=1S/C21H28N4O2/c1-23-15-19(17-7-3-4-8-18(17)20(23)26)22-21(27)25-13-9-16(10-14-25)24-11-5-2-6-12-24/h3-4,7-8,15-16H,2,5-6,9-14H2,1H3,(H,22,27). The predicted molar refractivity (Wildman–Crippen MR) is 108 cm³/mol. The minimum atomic E-state index is -0.0732. The molecule has 6 nitrogen and oxygen atoms in total. The third kappa shape index (κ3) is 3.72. The van der Waals surface area contributed by atoms with Gasteiger partial charge in [0.2, 0.25) is 0 Å². The molecule has 2 aliphatic rings. The lowest BCUT2D eigenvalue weighted by Gasteiger charge is -2.40. The van der Waals surface area contributed by atoms with Crippen molar-refractivity contribution < 1.29 is 4.79 Å². The van der Waals surface area contributed by atoms with Crippen molar-refractivity contribution in [3.63, 3.8) is 0 Å². The van der Waals surface area contributed by atoms with E-state index in [0.29, 0.717) is 17.1 Å². The average molecular weight is 368 g/mol. The zero-order chi connectivity index (χ0) is 18.8. The van der Waals surface area contributed by atoms with Gasteiger partial charge in [0.25, 0.3) is 5.56 Å². The third-order valence-electron chi connectivity index (χ3n) is 5.99. The Bertz CT molecular complexity index is 877. The van der Waals surface area contributed by atoms with E-state index in [4.69, 9.17) is 0 Å². The van der Waals surface area contributed by atoms with E-state index in [2.05, 4.69) is 10.2 Å². The lowest BCUT2D eigenvalue weighted by Crippen LogP contribution is -2.49. The molecule has 1 N–H and O–H groups in total. The van der Waals surface area contributed by atoms with E-state index in [1.165, 1.54) is 36.9 Å². The number of hydrogen-bond acceptors (Lipinski definition) is 3. The van der Waals surface area contributed by atoms with Crippen molar-refractivity contribution in [1.29, 1.82) is 0 Å². The van der Waals surface area contributed by atoms with E-state index in [-0.39, 0.29) is 11.6 Å². The smallest absolute Gasteiger partial charge is 0.321 e. The highest BCUT2D eigenvalue weighted by atomic mass is 16.2. The second-order valence-corrected chi connectivity index (χ2v) is 7.75. The minimum Gasteiger partial charge on any atom is -0.324 e. The molecule has 6 heteroatoms. The number of aryl methyl sites for hydroxylation is 1. The molecule has 3 heterocycles. The molecular weight excluding hydrogens is 340 g/mol. The number of hydrogen-bond donors (Lipinski definition) is 1. The highest BCUT2D eigenvalue weighted by Crippen LogP contribution is 2.23. The van der Waals surface area contributed by atoms with E-state index in [1.807, 2.05) is 23.1 Å². The topological polar surface area (TPSA) is 57.6 Å². The van der Waals surface area contributed by atoms with Gasteiger partial charge in [0, 0.05) is 43.1 Å². The number of benzene rings is 1. The summed E-state index contributed by atoms with van der Waals surface area (Å²) in [7, 11) is 1.72. The quantitative estimate of drug-likeness (QED) is 0.886. The van der Waals surface area contributed by atoms with Crippen LogP contribution in [0.4, 0.5) is 10.5 Å². The van der Waals surface area contributed by atoms with Crippen LogP contribution in [0, 0.1) is 0 Å². The van der Waals surface area contributed by atoms with Gasteiger partial charge in [0.1, 0.15) is 0 Å². The van der Waals surface area contributed by atoms with Crippen LogP contribution >= 0.6 is 0 Å². The van der Waals surface area contributed by atoms with Crippen LogP contribution in [0.1, 0.15) is 32.1 Å². The molecule has 2 aromatic rings. The molecule has 27 heavy (non-hydrogen) atoms. The summed E-state index contributed by atoms with van der Waals surface area (Å²) in [6.45, 7) is 4.00. The molecule has 0 radical (unpaired) electrons. The maximum atomic E-state index is 12.8. The monoisotopic (exact) mass is 368 g/mol. The minimum absolute atomic E-state index is 0.0501. The number of pyridine rings is 1. The molecule has 0 aliphatic carbocycles. The molecule has 2 saturated heterocycles. The largest absolute Gasteiger partial charge is 0.324 e. The molecule has 0 atom stereocenters. The van der Waals surface area contributed by atoms with Gasteiger partial charge in [-0.15, -0.1) is 0 Å². The molecule has 4 rings (SSSR count). The number of nitrogens with one attached hydrogen (secondary N) is 1. The Hall–Kier alpha value is -2.34. The Balaban J connectivity index is 1.44. The van der Waals surface area contributed by atoms with Gasteiger partial charge in [-0.05, 0) is 44.8 Å². The summed E-state index contributed by atoms with van der Waals surface area (Å²) >= 11 is 0. The Morgan fingerprint density at radius 3 is 2.37 bits per heavy atom. The van der Waals surface area contributed by atoms with Crippen LogP contribution in [0.15, 0.2) is 35.3 Å². The van der Waals surface area contributed by atoms with Crippen LogP contribution in [-0.2, 0) is 7.05 Å². The summed E-state index contributed by atoms with van der Waals surface area (Å²) in [5, 5.41) is 4.45. The Morgan fingerprint density at radius 1 is 1.00 bits per heavy atom. The first kappa shape index (κ1) is 18.0. The Labute approximate surface area is 159 Å². The molecule has 0 unspecified atom stereocenters. The molecule has 0 spiro atoms. The zero-order valence-corrected chi connectivity index (χ0v) is 16.0. The summed E-state index contributed by atoms with van der Waals surface area (Å²) in [4.78, 5) is 29.6. The van der Waals surface area contributed by atoms with Crippen molar-refractivity contribution in [3.8, 4) is 0 Å². The van der Waals surface area contributed by atoms with Gasteiger partial charge in [0.15, 0.2) is 0 Å². The molecule has 0 saturated carbocycles. The highest BCUT2D eigenvalue weighted by Gasteiger charge is 2.27. The van der Waals surface area contributed by atoms with Crippen molar-refractivity contribution in [3.05, 3.63) is 40.8 Å². The van der Waals surface area contributed by atoms with Crippen LogP contribution in [0.2, 0.25) is 0 Å². The van der Waals surface area contributed by atoms with Gasteiger partial charge in [-0.2, -0.15) is 0 Å². The number of amides is 2. The first-order valence-corrected chi connectivity index (χ1v) is 10.0. The number of likely N-dealkylation sites (tertiary alicyclic amines) is 2. The lowest BCUT2D eigenvalue weighted by molar-refractivity contribution is 0.104. The third-order valence-corrected chi connectivity index (χ3v) is 5.99. The van der Waals surface area contributed by atoms with E-state index < -0.39 is 0 Å².